The predicted molar refractivity (Wildman–Crippen MR) is 173 cm³/mol. The number of rotatable bonds is 8. The molecule has 0 atom stereocenters. The van der Waals surface area contributed by atoms with Gasteiger partial charge in [-0.2, -0.15) is 5.26 Å². The largest absolute Gasteiger partial charge is 0.497 e. The Morgan fingerprint density at radius 2 is 1.69 bits per heavy atom. The Balaban J connectivity index is 1.45. The van der Waals surface area contributed by atoms with Crippen LogP contribution in [0.1, 0.15) is 29.2 Å². The van der Waals surface area contributed by atoms with Crippen molar-refractivity contribution in [1.29, 1.82) is 5.26 Å². The number of anilines is 2. The highest BCUT2D eigenvalue weighted by molar-refractivity contribution is 8.26. The first kappa shape index (κ1) is 29.4. The molecule has 0 radical (unpaired) electrons. The Hall–Kier alpha value is -4.07. The summed E-state index contributed by atoms with van der Waals surface area (Å²) in [7, 11) is 1.63. The van der Waals surface area contributed by atoms with Crippen LogP contribution in [0.5, 0.6) is 5.75 Å². The van der Waals surface area contributed by atoms with Crippen LogP contribution >= 0.6 is 24.0 Å². The summed E-state index contributed by atoms with van der Waals surface area (Å²) in [5.41, 5.74) is 3.34. The van der Waals surface area contributed by atoms with E-state index in [0.29, 0.717) is 47.4 Å². The molecule has 1 aromatic heterocycles. The molecule has 2 aliphatic heterocycles. The number of hydrogen-bond donors (Lipinski definition) is 0. The van der Waals surface area contributed by atoms with E-state index >= 15 is 0 Å². The molecule has 0 spiro atoms. The van der Waals surface area contributed by atoms with Crippen molar-refractivity contribution in [3.63, 3.8) is 0 Å². The van der Waals surface area contributed by atoms with Gasteiger partial charge in [0.1, 0.15) is 27.5 Å². The molecule has 2 aromatic carbocycles. The van der Waals surface area contributed by atoms with Gasteiger partial charge in [-0.25, -0.2) is 0 Å². The number of para-hydroxylation sites is 1. The molecule has 2 saturated heterocycles. The number of hydrogen-bond acceptors (Lipinski definition) is 8. The number of nitrogens with zero attached hydrogens (tertiary/aromatic N) is 5. The van der Waals surface area contributed by atoms with Gasteiger partial charge in [0.15, 0.2) is 0 Å². The molecule has 2 fully saturated rings. The van der Waals surface area contributed by atoms with Crippen LogP contribution in [0.2, 0.25) is 0 Å². The molecular weight excluding hydrogens is 567 g/mol. The van der Waals surface area contributed by atoms with Crippen LogP contribution < -0.4 is 20.1 Å². The molecular formula is C32H33N5O3S2. The quantitative estimate of drug-likeness (QED) is 0.269. The minimum atomic E-state index is -0.304. The first-order valence-corrected chi connectivity index (χ1v) is 15.2. The van der Waals surface area contributed by atoms with Crippen LogP contribution in [0.15, 0.2) is 64.3 Å². The summed E-state index contributed by atoms with van der Waals surface area (Å²) in [6.45, 7) is 7.53. The van der Waals surface area contributed by atoms with Gasteiger partial charge in [-0.15, -0.1) is 0 Å². The van der Waals surface area contributed by atoms with Crippen molar-refractivity contribution in [3.8, 4) is 11.8 Å². The molecule has 0 saturated carbocycles. The predicted octanol–water partition coefficient (Wildman–Crippen LogP) is 4.83. The molecule has 42 heavy (non-hydrogen) atoms. The molecule has 0 unspecified atom stereocenters. The monoisotopic (exact) mass is 599 g/mol. The van der Waals surface area contributed by atoms with Crippen LogP contribution in [0.3, 0.4) is 0 Å². The van der Waals surface area contributed by atoms with E-state index in [9.17, 15) is 14.9 Å². The van der Waals surface area contributed by atoms with E-state index in [1.54, 1.807) is 23.5 Å². The van der Waals surface area contributed by atoms with E-state index in [2.05, 4.69) is 28.0 Å². The maximum Gasteiger partial charge on any atom is 0.270 e. The fourth-order valence-electron chi connectivity index (χ4n) is 5.45. The zero-order chi connectivity index (χ0) is 29.8. The second-order valence-electron chi connectivity index (χ2n) is 10.1. The number of nitriles is 1. The molecule has 0 bridgehead atoms. The van der Waals surface area contributed by atoms with Gasteiger partial charge in [0.05, 0.1) is 12.0 Å². The van der Waals surface area contributed by atoms with Gasteiger partial charge in [0.25, 0.3) is 11.5 Å². The van der Waals surface area contributed by atoms with Crippen LogP contribution in [-0.4, -0.2) is 59.5 Å². The molecule has 10 heteroatoms. The highest BCUT2D eigenvalue weighted by Gasteiger charge is 2.33. The van der Waals surface area contributed by atoms with Crippen LogP contribution in [0.25, 0.3) is 6.08 Å². The minimum Gasteiger partial charge on any atom is -0.497 e. The number of piperazine rings is 1. The van der Waals surface area contributed by atoms with Gasteiger partial charge < -0.3 is 14.5 Å². The van der Waals surface area contributed by atoms with Gasteiger partial charge in [-0.3, -0.25) is 19.1 Å². The van der Waals surface area contributed by atoms with E-state index in [1.165, 1.54) is 17.4 Å². The van der Waals surface area contributed by atoms with Crippen LogP contribution in [0, 0.1) is 18.3 Å². The first-order chi connectivity index (χ1) is 20.4. The summed E-state index contributed by atoms with van der Waals surface area (Å²) >= 11 is 6.88. The molecule has 3 aromatic rings. The lowest BCUT2D eigenvalue weighted by Gasteiger charge is -2.39. The second kappa shape index (κ2) is 12.8. The average Bonchev–Trinajstić information content (AvgIpc) is 3.29. The fourth-order valence-corrected chi connectivity index (χ4v) is 6.74. The minimum absolute atomic E-state index is 0.102. The van der Waals surface area contributed by atoms with Crippen molar-refractivity contribution in [2.24, 2.45) is 0 Å². The third kappa shape index (κ3) is 5.80. The summed E-state index contributed by atoms with van der Waals surface area (Å²) in [6, 6.07) is 20.2. The molecule has 3 heterocycles. The molecule has 2 aliphatic rings. The maximum absolute atomic E-state index is 13.6. The fraction of sp³-hybridized carbons (Fsp3) is 0.312. The van der Waals surface area contributed by atoms with Gasteiger partial charge in [-0.1, -0.05) is 54.3 Å². The number of aromatic nitrogens is 1. The van der Waals surface area contributed by atoms with Gasteiger partial charge in [0.2, 0.25) is 0 Å². The van der Waals surface area contributed by atoms with E-state index < -0.39 is 0 Å². The lowest BCUT2D eigenvalue weighted by Crippen LogP contribution is -2.48. The highest BCUT2D eigenvalue weighted by Crippen LogP contribution is 2.36. The zero-order valence-corrected chi connectivity index (χ0v) is 25.6. The van der Waals surface area contributed by atoms with Crippen molar-refractivity contribution >= 4 is 51.8 Å². The zero-order valence-electron chi connectivity index (χ0n) is 24.0. The van der Waals surface area contributed by atoms with Crippen molar-refractivity contribution in [1.82, 2.24) is 9.47 Å². The van der Waals surface area contributed by atoms with E-state index in [-0.39, 0.29) is 17.0 Å². The third-order valence-corrected chi connectivity index (χ3v) is 9.17. The number of ether oxygens (including phenoxy) is 1. The normalized spacial score (nSPS) is 16.3. The summed E-state index contributed by atoms with van der Waals surface area (Å²) < 4.78 is 7.40. The molecule has 1 amide bonds. The van der Waals surface area contributed by atoms with Crippen molar-refractivity contribution in [3.05, 3.63) is 92.1 Å². The van der Waals surface area contributed by atoms with Crippen molar-refractivity contribution < 1.29 is 9.53 Å². The van der Waals surface area contributed by atoms with Crippen molar-refractivity contribution in [2.45, 2.75) is 26.8 Å². The summed E-state index contributed by atoms with van der Waals surface area (Å²) in [4.78, 5) is 33.6. The Bertz CT molecular complexity index is 1620. The first-order valence-electron chi connectivity index (χ1n) is 14.0. The molecule has 0 N–H and O–H groups in total. The average molecular weight is 600 g/mol. The number of methoxy groups -OCH3 is 1. The second-order valence-corrected chi connectivity index (χ2v) is 11.8. The standard InChI is InChI=1S/C32H33N5O3S2/c1-4-36-29(35-18-16-34(17-19-35)24-8-6-5-7-9-24)26(22(2)27(21-33)30(36)38)20-28-31(39)37(32(41)42-28)15-14-23-10-12-25(40-3)13-11-23/h5-13,20H,4,14-19H2,1-3H3/b28-20+. The van der Waals surface area contributed by atoms with Crippen LogP contribution in [-0.2, 0) is 17.8 Å². The van der Waals surface area contributed by atoms with Crippen LogP contribution in [0.4, 0.5) is 11.5 Å². The Morgan fingerprint density at radius 1 is 1.02 bits per heavy atom. The summed E-state index contributed by atoms with van der Waals surface area (Å²) in [5.74, 6) is 1.37. The van der Waals surface area contributed by atoms with Gasteiger partial charge in [0, 0.05) is 50.5 Å². The lowest BCUT2D eigenvalue weighted by molar-refractivity contribution is -0.122. The number of carbonyl (C=O) groups is 1. The number of pyridine rings is 1. The Labute approximate surface area is 255 Å². The van der Waals surface area contributed by atoms with Gasteiger partial charge >= 0.3 is 0 Å². The number of benzene rings is 2. The number of amides is 1. The smallest absolute Gasteiger partial charge is 0.270 e. The van der Waals surface area contributed by atoms with Gasteiger partial charge in [-0.05, 0) is 61.7 Å². The maximum atomic E-state index is 13.6. The lowest BCUT2D eigenvalue weighted by atomic mass is 10.0. The highest BCUT2D eigenvalue weighted by atomic mass is 32.2. The molecule has 5 rings (SSSR count). The number of thioether (sulfide) groups is 1. The van der Waals surface area contributed by atoms with Crippen molar-refractivity contribution in [2.75, 3.05) is 49.6 Å². The van der Waals surface area contributed by atoms with E-state index in [1.807, 2.05) is 55.5 Å². The van der Waals surface area contributed by atoms with E-state index in [0.717, 1.165) is 35.8 Å². The summed E-state index contributed by atoms with van der Waals surface area (Å²) in [5, 5.41) is 9.90. The van der Waals surface area contributed by atoms with E-state index in [4.69, 9.17) is 17.0 Å². The third-order valence-electron chi connectivity index (χ3n) is 7.80. The summed E-state index contributed by atoms with van der Waals surface area (Å²) in [6.07, 6.45) is 2.48. The topological polar surface area (TPSA) is 81.8 Å². The SMILES string of the molecule is CCn1c(N2CCN(c3ccccc3)CC2)c(/C=C2/SC(=S)N(CCc3ccc(OC)cc3)C2=O)c(C)c(C#N)c1=O. The molecule has 8 nitrogen and oxygen atoms in total. The number of thiocarbonyl (C=S) groups is 1. The Kier molecular flexibility index (Phi) is 9.00. The molecule has 0 aliphatic carbocycles. The Morgan fingerprint density at radius 3 is 2.31 bits per heavy atom. The molecule has 216 valence electrons. The number of carbonyl (C=O) groups excluding carboxylic acids is 1.